The summed E-state index contributed by atoms with van der Waals surface area (Å²) in [5.41, 5.74) is -1.85. The van der Waals surface area contributed by atoms with Gasteiger partial charge in [0.15, 0.2) is 5.60 Å². The van der Waals surface area contributed by atoms with Crippen LogP contribution in [0.3, 0.4) is 0 Å². The predicted molar refractivity (Wildman–Crippen MR) is 132 cm³/mol. The van der Waals surface area contributed by atoms with Crippen molar-refractivity contribution in [3.8, 4) is 5.75 Å². The van der Waals surface area contributed by atoms with Gasteiger partial charge in [0, 0.05) is 12.0 Å². The molecule has 4 N–H and O–H groups in total. The van der Waals surface area contributed by atoms with Crippen LogP contribution in [0.15, 0.2) is 24.3 Å². The minimum atomic E-state index is -2.68. The molecule has 200 valence electrons. The van der Waals surface area contributed by atoms with Crippen molar-refractivity contribution in [3.63, 3.8) is 0 Å². The van der Waals surface area contributed by atoms with E-state index in [-0.39, 0.29) is 11.2 Å². The number of carbonyl (C=O) groups is 4. The Morgan fingerprint density at radius 2 is 1.86 bits per heavy atom. The van der Waals surface area contributed by atoms with Gasteiger partial charge in [-0.15, -0.1) is 0 Å². The van der Waals surface area contributed by atoms with Crippen LogP contribution < -0.4 is 10.1 Å². The van der Waals surface area contributed by atoms with Gasteiger partial charge in [-0.3, -0.25) is 9.59 Å². The van der Waals surface area contributed by atoms with Gasteiger partial charge in [0.25, 0.3) is 0 Å². The number of carboxylic acid groups (broad SMARTS) is 2. The summed E-state index contributed by atoms with van der Waals surface area (Å²) in [5.74, 6) is -5.40. The number of rotatable bonds is 11. The lowest BCUT2D eigenvalue weighted by Gasteiger charge is -2.35. The monoisotopic (exact) mass is 506 g/mol. The van der Waals surface area contributed by atoms with E-state index in [0.29, 0.717) is 0 Å². The van der Waals surface area contributed by atoms with Crippen LogP contribution in [0.1, 0.15) is 64.9 Å². The van der Waals surface area contributed by atoms with Crippen molar-refractivity contribution in [3.05, 3.63) is 29.8 Å². The summed E-state index contributed by atoms with van der Waals surface area (Å²) >= 11 is 0. The maximum Gasteiger partial charge on any atom is 0.344 e. The van der Waals surface area contributed by atoms with Gasteiger partial charge >= 0.3 is 17.9 Å². The van der Waals surface area contributed by atoms with E-state index in [1.807, 2.05) is 6.07 Å². The molecular weight excluding hydrogens is 468 g/mol. The summed E-state index contributed by atoms with van der Waals surface area (Å²) in [7, 11) is 2.07. The molecule has 3 atom stereocenters. The van der Waals surface area contributed by atoms with E-state index in [2.05, 4.69) is 24.2 Å². The molecule has 1 amide bonds. The smallest absolute Gasteiger partial charge is 0.344 e. The number of aliphatic carboxylic acids is 2. The Bertz CT molecular complexity index is 965. The maximum atomic E-state index is 13.0. The first-order valence-corrected chi connectivity index (χ1v) is 12.3. The van der Waals surface area contributed by atoms with Crippen LogP contribution in [-0.4, -0.2) is 75.8 Å². The Hall–Kier alpha value is -2.98. The third-order valence-electron chi connectivity index (χ3n) is 6.88. The van der Waals surface area contributed by atoms with Crippen molar-refractivity contribution in [1.82, 2.24) is 10.2 Å². The molecule has 1 aliphatic heterocycles. The Morgan fingerprint density at radius 1 is 1.17 bits per heavy atom. The zero-order valence-electron chi connectivity index (χ0n) is 21.5. The Kier molecular flexibility index (Phi) is 10.0. The van der Waals surface area contributed by atoms with E-state index in [0.717, 1.165) is 44.3 Å². The molecule has 1 fully saturated rings. The van der Waals surface area contributed by atoms with E-state index in [9.17, 15) is 34.5 Å². The van der Waals surface area contributed by atoms with Crippen LogP contribution >= 0.6 is 0 Å². The molecule has 2 rings (SSSR count). The number of nitrogens with one attached hydrogen (secondary N) is 1. The Morgan fingerprint density at radius 3 is 2.44 bits per heavy atom. The maximum absolute atomic E-state index is 13.0. The van der Waals surface area contributed by atoms with Gasteiger partial charge in [-0.25, -0.2) is 9.59 Å². The summed E-state index contributed by atoms with van der Waals surface area (Å²) in [6.45, 7) is 7.12. The number of carbonyl (C=O) groups excluding carboxylic acids is 2. The standard InChI is InChI=1S/C26H38N2O8/c1-5-25(11-6-7-12-28(4)16-25)18-9-8-10-19(13-18)36-24(34)26(35,15-21(30)31)14-20(29)27-22(17(2)3)23(32)33/h8-10,13,17,22,35H,5-7,11-12,14-16H2,1-4H3,(H,27,29)(H,30,31)(H,32,33). The molecule has 0 radical (unpaired) electrons. The third kappa shape index (κ3) is 7.51. The van der Waals surface area contributed by atoms with Crippen molar-refractivity contribution in [2.45, 2.75) is 76.4 Å². The first kappa shape index (κ1) is 29.3. The number of esters is 1. The number of hydrogen-bond acceptors (Lipinski definition) is 7. The largest absolute Gasteiger partial charge is 0.481 e. The van der Waals surface area contributed by atoms with Crippen molar-refractivity contribution in [1.29, 1.82) is 0 Å². The summed E-state index contributed by atoms with van der Waals surface area (Å²) in [6, 6.07) is 5.70. The van der Waals surface area contributed by atoms with Gasteiger partial charge in [-0.05, 0) is 56.5 Å². The average molecular weight is 507 g/mol. The highest BCUT2D eigenvalue weighted by molar-refractivity contribution is 5.93. The minimum Gasteiger partial charge on any atom is -0.481 e. The molecule has 0 bridgehead atoms. The molecule has 1 heterocycles. The molecule has 0 aromatic heterocycles. The number of carboxylic acids is 2. The second-order valence-electron chi connectivity index (χ2n) is 10.2. The van der Waals surface area contributed by atoms with Crippen LogP contribution in [-0.2, 0) is 24.6 Å². The highest BCUT2D eigenvalue weighted by atomic mass is 16.6. The van der Waals surface area contributed by atoms with Gasteiger partial charge in [0.2, 0.25) is 5.91 Å². The second-order valence-corrected chi connectivity index (χ2v) is 10.2. The van der Waals surface area contributed by atoms with E-state index < -0.39 is 54.2 Å². The molecular formula is C26H38N2O8. The van der Waals surface area contributed by atoms with Gasteiger partial charge in [-0.2, -0.15) is 0 Å². The second kappa shape index (κ2) is 12.3. The number of nitrogens with zero attached hydrogens (tertiary/aromatic N) is 1. The van der Waals surface area contributed by atoms with Gasteiger partial charge in [0.1, 0.15) is 11.8 Å². The lowest BCUT2D eigenvalue weighted by Crippen LogP contribution is -2.51. The molecule has 0 saturated carbocycles. The topological polar surface area (TPSA) is 153 Å². The van der Waals surface area contributed by atoms with Crippen molar-refractivity contribution < 1.29 is 39.2 Å². The molecule has 10 heteroatoms. The number of ether oxygens (including phenoxy) is 1. The van der Waals surface area contributed by atoms with Crippen molar-refractivity contribution in [2.75, 3.05) is 20.1 Å². The third-order valence-corrected chi connectivity index (χ3v) is 6.88. The van der Waals surface area contributed by atoms with Crippen molar-refractivity contribution >= 4 is 23.8 Å². The molecule has 3 unspecified atom stereocenters. The zero-order valence-corrected chi connectivity index (χ0v) is 21.5. The van der Waals surface area contributed by atoms with Crippen LogP contribution in [0.5, 0.6) is 5.75 Å². The zero-order chi connectivity index (χ0) is 27.1. The van der Waals surface area contributed by atoms with Gasteiger partial charge in [-0.1, -0.05) is 39.3 Å². The summed E-state index contributed by atoms with van der Waals surface area (Å²) in [6.07, 6.45) is 1.95. The first-order chi connectivity index (χ1) is 16.8. The minimum absolute atomic E-state index is 0.132. The highest BCUT2D eigenvalue weighted by Crippen LogP contribution is 2.38. The van der Waals surface area contributed by atoms with Gasteiger partial charge in [0.05, 0.1) is 12.8 Å². The predicted octanol–water partition coefficient (Wildman–Crippen LogP) is 2.18. The first-order valence-electron chi connectivity index (χ1n) is 12.3. The Balaban J connectivity index is 2.27. The lowest BCUT2D eigenvalue weighted by atomic mass is 9.74. The van der Waals surface area contributed by atoms with Crippen LogP contribution in [0.4, 0.5) is 0 Å². The summed E-state index contributed by atoms with van der Waals surface area (Å²) < 4.78 is 5.40. The number of aliphatic hydroxyl groups is 1. The Labute approximate surface area is 211 Å². The molecule has 1 aromatic carbocycles. The summed E-state index contributed by atoms with van der Waals surface area (Å²) in [4.78, 5) is 50.5. The lowest BCUT2D eigenvalue weighted by molar-refractivity contribution is -0.165. The molecule has 1 aromatic rings. The van der Waals surface area contributed by atoms with Crippen LogP contribution in [0.25, 0.3) is 0 Å². The average Bonchev–Trinajstić information content (AvgIpc) is 2.98. The highest BCUT2D eigenvalue weighted by Gasteiger charge is 2.43. The van der Waals surface area contributed by atoms with E-state index in [1.165, 1.54) is 6.07 Å². The van der Waals surface area contributed by atoms with Gasteiger partial charge < -0.3 is 30.3 Å². The SMILES string of the molecule is CCC1(c2cccc(OC(=O)C(O)(CC(=O)O)CC(=O)NC(C(=O)O)C(C)C)c2)CCCCN(C)C1. The number of hydrogen-bond donors (Lipinski definition) is 4. The van der Waals surface area contributed by atoms with Crippen LogP contribution in [0.2, 0.25) is 0 Å². The molecule has 10 nitrogen and oxygen atoms in total. The summed E-state index contributed by atoms with van der Waals surface area (Å²) in [5, 5.41) is 31.7. The number of benzene rings is 1. The van der Waals surface area contributed by atoms with Crippen molar-refractivity contribution in [2.24, 2.45) is 5.92 Å². The molecule has 1 saturated heterocycles. The fourth-order valence-corrected chi connectivity index (χ4v) is 4.80. The van der Waals surface area contributed by atoms with E-state index in [1.54, 1.807) is 26.0 Å². The fourth-order valence-electron chi connectivity index (χ4n) is 4.80. The molecule has 36 heavy (non-hydrogen) atoms. The quantitative estimate of drug-likeness (QED) is 0.261. The fraction of sp³-hybridized carbons (Fsp3) is 0.615. The molecule has 0 spiro atoms. The molecule has 1 aliphatic rings. The molecule has 0 aliphatic carbocycles. The van der Waals surface area contributed by atoms with E-state index in [4.69, 9.17) is 4.74 Å². The van der Waals surface area contributed by atoms with E-state index >= 15 is 0 Å². The van der Waals surface area contributed by atoms with Crippen LogP contribution in [0, 0.1) is 5.92 Å². The number of likely N-dealkylation sites (tertiary alicyclic amines) is 1. The normalized spacial score (nSPS) is 21.2. The number of amides is 1. The number of likely N-dealkylation sites (N-methyl/N-ethyl adjacent to an activating group) is 1.